The van der Waals surface area contributed by atoms with Gasteiger partial charge in [-0.2, -0.15) is 4.98 Å². The van der Waals surface area contributed by atoms with Crippen LogP contribution in [-0.4, -0.2) is 49.4 Å². The Kier molecular flexibility index (Phi) is 5.31. The van der Waals surface area contributed by atoms with Gasteiger partial charge in [-0.15, -0.1) is 0 Å². The molecule has 1 aromatic heterocycles. The van der Waals surface area contributed by atoms with Crippen LogP contribution >= 0.6 is 15.9 Å². The Labute approximate surface area is 168 Å². The van der Waals surface area contributed by atoms with E-state index in [-0.39, 0.29) is 0 Å². The van der Waals surface area contributed by atoms with Gasteiger partial charge >= 0.3 is 0 Å². The molecular weight excluding hydrogens is 406 g/mol. The van der Waals surface area contributed by atoms with E-state index in [1.807, 2.05) is 6.92 Å². The zero-order chi connectivity index (χ0) is 18.8. The standard InChI is InChI=1S/C20H24BrN5O/c1-3-25-13-15(21)12-18-14(2)22-20(24-19(18)25)23-16-4-6-17(7-5-16)26-8-10-27-11-9-26/h4-7,12H,3,8-11,13H2,1-2H3,(H,22,23,24). The Morgan fingerprint density at radius 2 is 1.89 bits per heavy atom. The minimum atomic E-state index is 0.634. The molecule has 0 atom stereocenters. The number of likely N-dealkylation sites (N-methyl/N-ethyl adjacent to an activating group) is 1. The maximum atomic E-state index is 5.42. The van der Waals surface area contributed by atoms with Crippen LogP contribution in [-0.2, 0) is 4.74 Å². The second kappa shape index (κ2) is 7.86. The van der Waals surface area contributed by atoms with Gasteiger partial charge in [0, 0.05) is 41.1 Å². The number of nitrogens with zero attached hydrogens (tertiary/aromatic N) is 4. The van der Waals surface area contributed by atoms with Crippen molar-refractivity contribution >= 4 is 45.1 Å². The zero-order valence-electron chi connectivity index (χ0n) is 15.7. The molecule has 0 spiro atoms. The van der Waals surface area contributed by atoms with Gasteiger partial charge in [-0.05, 0) is 44.2 Å². The zero-order valence-corrected chi connectivity index (χ0v) is 17.3. The minimum absolute atomic E-state index is 0.634. The van der Waals surface area contributed by atoms with Gasteiger partial charge in [-0.1, -0.05) is 15.9 Å². The summed E-state index contributed by atoms with van der Waals surface area (Å²) in [5.74, 6) is 1.62. The number of nitrogens with one attached hydrogen (secondary N) is 1. The van der Waals surface area contributed by atoms with E-state index in [2.05, 4.69) is 73.3 Å². The second-order valence-corrected chi connectivity index (χ2v) is 7.77. The Hall–Kier alpha value is -2.12. The third-order valence-corrected chi connectivity index (χ3v) is 5.42. The highest BCUT2D eigenvalue weighted by molar-refractivity contribution is 9.11. The first-order valence-corrected chi connectivity index (χ1v) is 10.1. The number of aryl methyl sites for hydroxylation is 1. The number of benzene rings is 1. The summed E-state index contributed by atoms with van der Waals surface area (Å²) in [4.78, 5) is 14.0. The molecule has 0 radical (unpaired) electrons. The minimum Gasteiger partial charge on any atom is -0.378 e. The summed E-state index contributed by atoms with van der Waals surface area (Å²) in [6, 6.07) is 8.43. The Bertz CT molecular complexity index is 846. The Balaban J connectivity index is 1.55. The van der Waals surface area contributed by atoms with Crippen LogP contribution in [0.25, 0.3) is 6.08 Å². The lowest BCUT2D eigenvalue weighted by atomic mass is 10.1. The lowest BCUT2D eigenvalue weighted by molar-refractivity contribution is 0.122. The van der Waals surface area contributed by atoms with Gasteiger partial charge in [-0.3, -0.25) is 0 Å². The van der Waals surface area contributed by atoms with Crippen LogP contribution in [0.5, 0.6) is 0 Å². The van der Waals surface area contributed by atoms with Crippen LogP contribution in [0.4, 0.5) is 23.1 Å². The van der Waals surface area contributed by atoms with Gasteiger partial charge in [0.1, 0.15) is 5.82 Å². The van der Waals surface area contributed by atoms with Gasteiger partial charge in [0.2, 0.25) is 5.95 Å². The van der Waals surface area contributed by atoms with Crippen molar-refractivity contribution in [2.24, 2.45) is 0 Å². The first-order chi connectivity index (χ1) is 13.1. The summed E-state index contributed by atoms with van der Waals surface area (Å²) in [6.45, 7) is 9.38. The van der Waals surface area contributed by atoms with E-state index in [1.54, 1.807) is 0 Å². The van der Waals surface area contributed by atoms with Gasteiger partial charge in [0.15, 0.2) is 0 Å². The van der Waals surface area contributed by atoms with E-state index in [0.717, 1.165) is 66.6 Å². The molecule has 2 aliphatic heterocycles. The second-order valence-electron chi connectivity index (χ2n) is 6.75. The van der Waals surface area contributed by atoms with Crippen molar-refractivity contribution in [3.05, 3.63) is 40.0 Å². The summed E-state index contributed by atoms with van der Waals surface area (Å²) in [7, 11) is 0. The number of hydrogen-bond acceptors (Lipinski definition) is 6. The number of ether oxygens (including phenoxy) is 1. The topological polar surface area (TPSA) is 53.5 Å². The number of halogens is 1. The van der Waals surface area contributed by atoms with Crippen molar-refractivity contribution in [2.45, 2.75) is 13.8 Å². The molecule has 27 heavy (non-hydrogen) atoms. The quantitative estimate of drug-likeness (QED) is 0.793. The van der Waals surface area contributed by atoms with Crippen molar-refractivity contribution in [1.29, 1.82) is 0 Å². The van der Waals surface area contributed by atoms with Crippen molar-refractivity contribution in [1.82, 2.24) is 9.97 Å². The number of morpholine rings is 1. The van der Waals surface area contributed by atoms with Crippen LogP contribution in [0.1, 0.15) is 18.2 Å². The molecule has 1 aromatic carbocycles. The van der Waals surface area contributed by atoms with Crippen LogP contribution in [0.15, 0.2) is 28.7 Å². The molecule has 2 aliphatic rings. The fraction of sp³-hybridized carbons (Fsp3) is 0.400. The van der Waals surface area contributed by atoms with Gasteiger partial charge in [0.25, 0.3) is 0 Å². The van der Waals surface area contributed by atoms with Crippen LogP contribution in [0, 0.1) is 6.92 Å². The van der Waals surface area contributed by atoms with Crippen molar-refractivity contribution in [2.75, 3.05) is 54.5 Å². The van der Waals surface area contributed by atoms with Crippen molar-refractivity contribution in [3.8, 4) is 0 Å². The average Bonchev–Trinajstić information content (AvgIpc) is 2.69. The van der Waals surface area contributed by atoms with Crippen molar-refractivity contribution < 1.29 is 4.74 Å². The lowest BCUT2D eigenvalue weighted by Crippen LogP contribution is -2.36. The molecule has 1 N–H and O–H groups in total. The van der Waals surface area contributed by atoms with Gasteiger partial charge in [0.05, 0.1) is 25.5 Å². The number of rotatable bonds is 4. The van der Waals surface area contributed by atoms with Crippen LogP contribution in [0.2, 0.25) is 0 Å². The van der Waals surface area contributed by atoms with Crippen molar-refractivity contribution in [3.63, 3.8) is 0 Å². The molecule has 7 heteroatoms. The fourth-order valence-electron chi connectivity index (χ4n) is 3.46. The molecule has 0 amide bonds. The molecule has 2 aromatic rings. The summed E-state index contributed by atoms with van der Waals surface area (Å²) in [6.07, 6.45) is 2.12. The first-order valence-electron chi connectivity index (χ1n) is 9.33. The molecule has 0 bridgehead atoms. The summed E-state index contributed by atoms with van der Waals surface area (Å²) in [5, 5.41) is 3.36. The summed E-state index contributed by atoms with van der Waals surface area (Å²) in [5.41, 5.74) is 4.27. The number of hydrogen-bond donors (Lipinski definition) is 1. The highest BCUT2D eigenvalue weighted by Gasteiger charge is 2.20. The molecule has 1 saturated heterocycles. The van der Waals surface area contributed by atoms with E-state index in [4.69, 9.17) is 9.72 Å². The Morgan fingerprint density at radius 1 is 1.15 bits per heavy atom. The first kappa shape index (κ1) is 18.3. The lowest BCUT2D eigenvalue weighted by Gasteiger charge is -2.29. The van der Waals surface area contributed by atoms with Gasteiger partial charge in [-0.25, -0.2) is 4.98 Å². The third-order valence-electron chi connectivity index (χ3n) is 4.94. The molecule has 3 heterocycles. The molecule has 0 aliphatic carbocycles. The number of anilines is 4. The molecule has 0 saturated carbocycles. The molecule has 0 unspecified atom stereocenters. The maximum Gasteiger partial charge on any atom is 0.229 e. The maximum absolute atomic E-state index is 5.42. The fourth-order valence-corrected chi connectivity index (χ4v) is 3.99. The normalized spacial score (nSPS) is 16.8. The van der Waals surface area contributed by atoms with Crippen LogP contribution in [0.3, 0.4) is 0 Å². The largest absolute Gasteiger partial charge is 0.378 e. The van der Waals surface area contributed by atoms with Gasteiger partial charge < -0.3 is 19.9 Å². The van der Waals surface area contributed by atoms with E-state index >= 15 is 0 Å². The highest BCUT2D eigenvalue weighted by atomic mass is 79.9. The van der Waals surface area contributed by atoms with E-state index in [9.17, 15) is 0 Å². The predicted octanol–water partition coefficient (Wildman–Crippen LogP) is 3.94. The molecular formula is C20H24BrN5O. The molecule has 1 fully saturated rings. The van der Waals surface area contributed by atoms with E-state index < -0.39 is 0 Å². The third kappa shape index (κ3) is 3.94. The molecule has 4 rings (SSSR count). The smallest absolute Gasteiger partial charge is 0.229 e. The van der Waals surface area contributed by atoms with E-state index in [1.165, 1.54) is 5.69 Å². The van der Waals surface area contributed by atoms with Crippen LogP contribution < -0.4 is 15.1 Å². The monoisotopic (exact) mass is 429 g/mol. The van der Waals surface area contributed by atoms with E-state index in [0.29, 0.717) is 5.95 Å². The molecule has 142 valence electrons. The highest BCUT2D eigenvalue weighted by Crippen LogP contribution is 2.32. The number of aromatic nitrogens is 2. The summed E-state index contributed by atoms with van der Waals surface area (Å²) < 4.78 is 6.58. The SMILES string of the molecule is CCN1CC(Br)=Cc2c(C)nc(Nc3ccc(N4CCOCC4)cc3)nc21. The summed E-state index contributed by atoms with van der Waals surface area (Å²) >= 11 is 3.62. The molecule has 6 nitrogen and oxygen atoms in total. The number of fused-ring (bicyclic) bond motifs is 1. The Morgan fingerprint density at radius 3 is 2.59 bits per heavy atom. The average molecular weight is 430 g/mol. The predicted molar refractivity (Wildman–Crippen MR) is 114 cm³/mol.